The molecule has 0 radical (unpaired) electrons. The topological polar surface area (TPSA) is 66.0 Å². The Labute approximate surface area is 90.6 Å². The largest absolute Gasteiger partial charge is 0.375 e. The Bertz CT molecular complexity index is 310. The van der Waals surface area contributed by atoms with Gasteiger partial charge in [-0.3, -0.25) is 0 Å². The van der Waals surface area contributed by atoms with Crippen LogP contribution in [-0.4, -0.2) is 22.1 Å². The molecule has 0 aromatic carbocycles. The summed E-state index contributed by atoms with van der Waals surface area (Å²) in [5.41, 5.74) is 7.45. The van der Waals surface area contributed by atoms with Crippen LogP contribution in [-0.2, 0) is 11.3 Å². The van der Waals surface area contributed by atoms with Gasteiger partial charge in [0, 0.05) is 13.7 Å². The Morgan fingerprint density at radius 1 is 1.47 bits per heavy atom. The third-order valence-corrected chi connectivity index (χ3v) is 2.74. The Balaban J connectivity index is 3.10. The maximum Gasteiger partial charge on any atom is 0.102 e. The lowest BCUT2D eigenvalue weighted by molar-refractivity contribution is 0.109. The van der Waals surface area contributed by atoms with E-state index in [4.69, 9.17) is 10.5 Å². The molecule has 1 rings (SSSR count). The zero-order chi connectivity index (χ0) is 11.4. The first-order valence-corrected chi connectivity index (χ1v) is 5.32. The molecule has 0 aliphatic rings. The first-order chi connectivity index (χ1) is 7.15. The molecule has 5 nitrogen and oxygen atoms in total. The van der Waals surface area contributed by atoms with Gasteiger partial charge >= 0.3 is 0 Å². The second-order valence-electron chi connectivity index (χ2n) is 3.71. The van der Waals surface area contributed by atoms with Gasteiger partial charge < -0.3 is 10.5 Å². The van der Waals surface area contributed by atoms with Crippen LogP contribution < -0.4 is 5.73 Å². The Hall–Kier alpha value is -0.940. The van der Waals surface area contributed by atoms with Crippen LogP contribution in [0.25, 0.3) is 0 Å². The lowest BCUT2D eigenvalue weighted by Crippen LogP contribution is -2.14. The minimum atomic E-state index is -0.0208. The van der Waals surface area contributed by atoms with Crippen molar-refractivity contribution in [3.63, 3.8) is 0 Å². The van der Waals surface area contributed by atoms with Crippen molar-refractivity contribution < 1.29 is 4.74 Å². The van der Waals surface area contributed by atoms with Gasteiger partial charge in [-0.15, -0.1) is 5.10 Å². The normalized spacial score (nSPS) is 15.3. The molecular formula is C10H20N4O. The molecule has 2 atom stereocenters. The summed E-state index contributed by atoms with van der Waals surface area (Å²) in [6.45, 7) is 6.62. The Kier molecular flexibility index (Phi) is 4.23. The van der Waals surface area contributed by atoms with Crippen molar-refractivity contribution in [3.8, 4) is 0 Å². The highest BCUT2D eigenvalue weighted by Crippen LogP contribution is 2.22. The molecule has 1 aromatic rings. The second-order valence-corrected chi connectivity index (χ2v) is 3.71. The molecule has 2 unspecified atom stereocenters. The summed E-state index contributed by atoms with van der Waals surface area (Å²) in [7, 11) is 1.68. The fraction of sp³-hybridized carbons (Fsp3) is 0.800. The van der Waals surface area contributed by atoms with E-state index in [-0.39, 0.29) is 6.10 Å². The quantitative estimate of drug-likeness (QED) is 0.801. The van der Waals surface area contributed by atoms with Crippen molar-refractivity contribution >= 4 is 0 Å². The highest BCUT2D eigenvalue weighted by Gasteiger charge is 2.20. The molecule has 0 spiro atoms. The number of methoxy groups -OCH3 is 1. The number of hydrogen-bond acceptors (Lipinski definition) is 4. The Morgan fingerprint density at radius 2 is 2.13 bits per heavy atom. The lowest BCUT2D eigenvalue weighted by atomic mass is 10.2. The molecule has 1 heterocycles. The molecule has 0 bridgehead atoms. The van der Waals surface area contributed by atoms with Gasteiger partial charge in [0.1, 0.15) is 5.69 Å². The van der Waals surface area contributed by atoms with Crippen LogP contribution in [0.4, 0.5) is 0 Å². The van der Waals surface area contributed by atoms with Crippen LogP contribution in [0, 0.1) is 0 Å². The van der Waals surface area contributed by atoms with Crippen LogP contribution in [0.3, 0.4) is 0 Å². The van der Waals surface area contributed by atoms with Crippen LogP contribution in [0.1, 0.15) is 50.7 Å². The van der Waals surface area contributed by atoms with E-state index in [9.17, 15) is 0 Å². The van der Waals surface area contributed by atoms with Gasteiger partial charge in [-0.05, 0) is 20.3 Å². The predicted molar refractivity (Wildman–Crippen MR) is 58.3 cm³/mol. The molecule has 0 fully saturated rings. The summed E-state index contributed by atoms with van der Waals surface area (Å²) in [6, 6.07) is 0.324. The van der Waals surface area contributed by atoms with Crippen molar-refractivity contribution in [2.75, 3.05) is 7.11 Å². The summed E-state index contributed by atoms with van der Waals surface area (Å²) in [4.78, 5) is 0. The van der Waals surface area contributed by atoms with E-state index in [1.807, 2.05) is 11.6 Å². The molecule has 0 amide bonds. The van der Waals surface area contributed by atoms with E-state index in [0.29, 0.717) is 12.6 Å². The highest BCUT2D eigenvalue weighted by atomic mass is 16.5. The first-order valence-electron chi connectivity index (χ1n) is 5.32. The molecule has 5 heteroatoms. The number of rotatable bonds is 5. The van der Waals surface area contributed by atoms with Gasteiger partial charge in [0.05, 0.1) is 17.8 Å². The summed E-state index contributed by atoms with van der Waals surface area (Å²) in [5.74, 6) is 0. The van der Waals surface area contributed by atoms with Crippen molar-refractivity contribution in [1.82, 2.24) is 15.0 Å². The van der Waals surface area contributed by atoms with E-state index < -0.39 is 0 Å². The molecule has 0 saturated carbocycles. The average Bonchev–Trinajstić information content (AvgIpc) is 2.70. The first kappa shape index (κ1) is 12.1. The van der Waals surface area contributed by atoms with Gasteiger partial charge in [-0.25, -0.2) is 4.68 Å². The van der Waals surface area contributed by atoms with Crippen LogP contribution in [0.2, 0.25) is 0 Å². The maximum absolute atomic E-state index is 5.63. The van der Waals surface area contributed by atoms with Gasteiger partial charge in [-0.2, -0.15) is 0 Å². The van der Waals surface area contributed by atoms with Crippen LogP contribution in [0.5, 0.6) is 0 Å². The highest BCUT2D eigenvalue weighted by molar-refractivity contribution is 5.13. The van der Waals surface area contributed by atoms with Crippen LogP contribution >= 0.6 is 0 Å². The van der Waals surface area contributed by atoms with Gasteiger partial charge in [0.25, 0.3) is 0 Å². The summed E-state index contributed by atoms with van der Waals surface area (Å²) in [6.07, 6.45) is 0.990. The minimum Gasteiger partial charge on any atom is -0.375 e. The lowest BCUT2D eigenvalue weighted by Gasteiger charge is -2.17. The van der Waals surface area contributed by atoms with E-state index in [1.165, 1.54) is 0 Å². The number of aromatic nitrogens is 3. The standard InChI is InChI=1S/C10H20N4O/c1-5-7(2)14-10(8(3)15-4)9(6-11)12-13-14/h7-8H,5-6,11H2,1-4H3. The molecule has 0 saturated heterocycles. The fourth-order valence-electron chi connectivity index (χ4n) is 1.51. The van der Waals surface area contributed by atoms with E-state index in [2.05, 4.69) is 24.2 Å². The fourth-order valence-corrected chi connectivity index (χ4v) is 1.51. The zero-order valence-corrected chi connectivity index (χ0v) is 9.90. The minimum absolute atomic E-state index is 0.0208. The predicted octanol–water partition coefficient (Wildman–Crippen LogP) is 1.42. The SMILES string of the molecule is CCC(C)n1nnc(CN)c1C(C)OC. The van der Waals surface area contributed by atoms with Gasteiger partial charge in [0.15, 0.2) is 0 Å². The molecular weight excluding hydrogens is 192 g/mol. The van der Waals surface area contributed by atoms with E-state index in [1.54, 1.807) is 7.11 Å². The number of hydrogen-bond donors (Lipinski definition) is 1. The average molecular weight is 212 g/mol. The van der Waals surface area contributed by atoms with E-state index in [0.717, 1.165) is 17.8 Å². The molecule has 15 heavy (non-hydrogen) atoms. The number of nitrogens with two attached hydrogens (primary N) is 1. The van der Waals surface area contributed by atoms with Gasteiger partial charge in [-0.1, -0.05) is 12.1 Å². The van der Waals surface area contributed by atoms with Crippen molar-refractivity contribution in [3.05, 3.63) is 11.4 Å². The third-order valence-electron chi connectivity index (χ3n) is 2.74. The van der Waals surface area contributed by atoms with Crippen molar-refractivity contribution in [2.45, 2.75) is 45.9 Å². The van der Waals surface area contributed by atoms with Crippen LogP contribution in [0.15, 0.2) is 0 Å². The summed E-state index contributed by atoms with van der Waals surface area (Å²) < 4.78 is 7.23. The molecule has 2 N–H and O–H groups in total. The Morgan fingerprint density at radius 3 is 2.60 bits per heavy atom. The maximum atomic E-state index is 5.63. The molecule has 0 aliphatic heterocycles. The smallest absolute Gasteiger partial charge is 0.102 e. The second kappa shape index (κ2) is 5.23. The molecule has 86 valence electrons. The molecule has 1 aromatic heterocycles. The number of nitrogens with zero attached hydrogens (tertiary/aromatic N) is 3. The van der Waals surface area contributed by atoms with Gasteiger partial charge in [0.2, 0.25) is 0 Å². The summed E-state index contributed by atoms with van der Waals surface area (Å²) >= 11 is 0. The zero-order valence-electron chi connectivity index (χ0n) is 9.90. The van der Waals surface area contributed by atoms with Crippen molar-refractivity contribution in [1.29, 1.82) is 0 Å². The summed E-state index contributed by atoms with van der Waals surface area (Å²) in [5, 5.41) is 8.21. The van der Waals surface area contributed by atoms with E-state index >= 15 is 0 Å². The number of ether oxygens (including phenoxy) is 1. The third kappa shape index (κ3) is 2.35. The van der Waals surface area contributed by atoms with Crippen molar-refractivity contribution in [2.24, 2.45) is 5.73 Å². The monoisotopic (exact) mass is 212 g/mol. The molecule has 0 aliphatic carbocycles.